The molecule has 0 radical (unpaired) electrons. The third kappa shape index (κ3) is 6.85. The molecule has 1 aromatic heterocycles. The van der Waals surface area contributed by atoms with Crippen LogP contribution in [0.5, 0.6) is 11.5 Å². The van der Waals surface area contributed by atoms with Crippen molar-refractivity contribution in [1.29, 1.82) is 0 Å². The van der Waals surface area contributed by atoms with Gasteiger partial charge in [0.1, 0.15) is 11.5 Å². The van der Waals surface area contributed by atoms with E-state index in [-0.39, 0.29) is 18.2 Å². The predicted molar refractivity (Wildman–Crippen MR) is 119 cm³/mol. The highest BCUT2D eigenvalue weighted by Crippen LogP contribution is 2.30. The van der Waals surface area contributed by atoms with Crippen molar-refractivity contribution in [3.05, 3.63) is 45.1 Å². The summed E-state index contributed by atoms with van der Waals surface area (Å²) in [5.74, 6) is 0.422. The molecule has 0 saturated heterocycles. The molecule has 2 N–H and O–H groups in total. The number of Topliss-reactive ketones (excluding diaryl/α,β-unsaturated/α-hetero) is 1. The van der Waals surface area contributed by atoms with Gasteiger partial charge < -0.3 is 19.9 Å². The summed E-state index contributed by atoms with van der Waals surface area (Å²) in [7, 11) is 3.15. The molecular formula is C23H31NO5S. The summed E-state index contributed by atoms with van der Waals surface area (Å²) in [6, 6.07) is 7.34. The monoisotopic (exact) mass is 433 g/mol. The highest BCUT2D eigenvalue weighted by atomic mass is 32.1. The summed E-state index contributed by atoms with van der Waals surface area (Å²) in [5, 5.41) is 12.1. The number of rotatable bonds is 13. The van der Waals surface area contributed by atoms with Crippen molar-refractivity contribution in [2.75, 3.05) is 20.8 Å². The Labute approximate surface area is 182 Å². The molecule has 0 bridgehead atoms. The number of carboxylic acid groups (broad SMARTS) is 1. The molecule has 0 aliphatic rings. The Morgan fingerprint density at radius 2 is 1.77 bits per heavy atom. The van der Waals surface area contributed by atoms with Crippen molar-refractivity contribution in [2.45, 2.75) is 52.0 Å². The van der Waals surface area contributed by atoms with Crippen LogP contribution in [-0.2, 0) is 11.2 Å². The number of methoxy groups -OCH3 is 2. The van der Waals surface area contributed by atoms with E-state index in [1.165, 1.54) is 9.75 Å². The maximum atomic E-state index is 13.3. The number of carbonyl (C=O) groups excluding carboxylic acids is 1. The third-order valence-electron chi connectivity index (χ3n) is 5.04. The van der Waals surface area contributed by atoms with Gasteiger partial charge in [-0.05, 0) is 70.3 Å². The zero-order chi connectivity index (χ0) is 22.1. The van der Waals surface area contributed by atoms with Crippen molar-refractivity contribution in [3.8, 4) is 11.5 Å². The van der Waals surface area contributed by atoms with Crippen LogP contribution in [0.25, 0.3) is 0 Å². The van der Waals surface area contributed by atoms with Crippen molar-refractivity contribution >= 4 is 23.1 Å². The summed E-state index contributed by atoms with van der Waals surface area (Å²) in [6.45, 7) is 4.55. The number of nitrogens with one attached hydrogen (secondary N) is 1. The van der Waals surface area contributed by atoms with Crippen LogP contribution in [0, 0.1) is 13.8 Å². The van der Waals surface area contributed by atoms with Gasteiger partial charge in [-0.1, -0.05) is 0 Å². The molecule has 7 heteroatoms. The number of carbonyl (C=O) groups is 2. The first-order valence-electron chi connectivity index (χ1n) is 10.1. The molecule has 0 aliphatic carbocycles. The SMILES string of the molecule is COc1cc(C(=O)C(CCc2ccc(C)s2)NCCCCC(=O)O)cc(OC)c1C. The number of hydrogen-bond acceptors (Lipinski definition) is 6. The van der Waals surface area contributed by atoms with Crippen LogP contribution in [0.4, 0.5) is 0 Å². The molecule has 1 aromatic carbocycles. The Hall–Kier alpha value is -2.38. The van der Waals surface area contributed by atoms with Gasteiger partial charge in [0.2, 0.25) is 0 Å². The van der Waals surface area contributed by atoms with E-state index in [2.05, 4.69) is 24.4 Å². The van der Waals surface area contributed by atoms with E-state index in [9.17, 15) is 9.59 Å². The number of hydrogen-bond donors (Lipinski definition) is 2. The lowest BCUT2D eigenvalue weighted by Crippen LogP contribution is -2.38. The molecule has 6 nitrogen and oxygen atoms in total. The van der Waals surface area contributed by atoms with Crippen LogP contribution < -0.4 is 14.8 Å². The maximum absolute atomic E-state index is 13.3. The Kier molecular flexibility index (Phi) is 9.33. The Balaban J connectivity index is 2.14. The lowest BCUT2D eigenvalue weighted by molar-refractivity contribution is -0.137. The van der Waals surface area contributed by atoms with Gasteiger partial charge in [-0.15, -0.1) is 11.3 Å². The fourth-order valence-corrected chi connectivity index (χ4v) is 4.24. The van der Waals surface area contributed by atoms with Gasteiger partial charge in [-0.3, -0.25) is 9.59 Å². The number of unbranched alkanes of at least 4 members (excludes halogenated alkanes) is 1. The number of aliphatic carboxylic acids is 1. The average molecular weight is 434 g/mol. The fraction of sp³-hybridized carbons (Fsp3) is 0.478. The largest absolute Gasteiger partial charge is 0.496 e. The molecule has 1 unspecified atom stereocenters. The van der Waals surface area contributed by atoms with E-state index in [0.29, 0.717) is 42.9 Å². The topological polar surface area (TPSA) is 84.9 Å². The molecule has 0 fully saturated rings. The van der Waals surface area contributed by atoms with Crippen LogP contribution in [0.3, 0.4) is 0 Å². The van der Waals surface area contributed by atoms with Crippen LogP contribution in [-0.4, -0.2) is 43.7 Å². The van der Waals surface area contributed by atoms with Crippen molar-refractivity contribution in [2.24, 2.45) is 0 Å². The lowest BCUT2D eigenvalue weighted by atomic mass is 9.97. The second-order valence-electron chi connectivity index (χ2n) is 7.28. The van der Waals surface area contributed by atoms with Gasteiger partial charge in [0.15, 0.2) is 5.78 Å². The molecule has 0 aliphatic heterocycles. The molecule has 2 rings (SSSR count). The normalized spacial score (nSPS) is 11.9. The standard InChI is InChI=1S/C23H31NO5S/c1-15-8-9-18(30-15)10-11-19(24-12-6-5-7-22(25)26)23(27)17-13-20(28-3)16(2)21(14-17)29-4/h8-9,13-14,19,24H,5-7,10-12H2,1-4H3,(H,25,26). The first-order valence-corrected chi connectivity index (χ1v) is 10.9. The number of thiophene rings is 1. The van der Waals surface area contributed by atoms with Crippen LogP contribution in [0.1, 0.15) is 51.4 Å². The van der Waals surface area contributed by atoms with Crippen molar-refractivity contribution < 1.29 is 24.2 Å². The molecule has 2 aromatic rings. The van der Waals surface area contributed by atoms with Crippen LogP contribution in [0.2, 0.25) is 0 Å². The summed E-state index contributed by atoms with van der Waals surface area (Å²) < 4.78 is 10.8. The van der Waals surface area contributed by atoms with Crippen molar-refractivity contribution in [1.82, 2.24) is 5.32 Å². The quantitative estimate of drug-likeness (QED) is 0.360. The molecule has 0 saturated carbocycles. The van der Waals surface area contributed by atoms with Gasteiger partial charge in [0.25, 0.3) is 0 Å². The molecule has 1 atom stereocenters. The van der Waals surface area contributed by atoms with Gasteiger partial charge in [0.05, 0.1) is 20.3 Å². The fourth-order valence-electron chi connectivity index (χ4n) is 3.34. The smallest absolute Gasteiger partial charge is 0.303 e. The van der Waals surface area contributed by atoms with Gasteiger partial charge in [-0.2, -0.15) is 0 Å². The highest BCUT2D eigenvalue weighted by molar-refractivity contribution is 7.11. The molecule has 0 amide bonds. The molecule has 164 valence electrons. The minimum Gasteiger partial charge on any atom is -0.496 e. The molecule has 30 heavy (non-hydrogen) atoms. The predicted octanol–water partition coefficient (Wildman–Crippen LogP) is 4.41. The molecular weight excluding hydrogens is 402 g/mol. The van der Waals surface area contributed by atoms with Gasteiger partial charge in [0, 0.05) is 27.3 Å². The highest BCUT2D eigenvalue weighted by Gasteiger charge is 2.22. The number of benzene rings is 1. The lowest BCUT2D eigenvalue weighted by Gasteiger charge is -2.19. The van der Waals surface area contributed by atoms with Crippen LogP contribution in [0.15, 0.2) is 24.3 Å². The van der Waals surface area contributed by atoms with E-state index in [1.807, 2.05) is 6.92 Å². The minimum atomic E-state index is -0.797. The van der Waals surface area contributed by atoms with Crippen molar-refractivity contribution in [3.63, 3.8) is 0 Å². The first-order chi connectivity index (χ1) is 14.3. The zero-order valence-corrected chi connectivity index (χ0v) is 18.9. The second kappa shape index (κ2) is 11.7. The van der Waals surface area contributed by atoms with E-state index >= 15 is 0 Å². The summed E-state index contributed by atoms with van der Waals surface area (Å²) in [6.07, 6.45) is 2.89. The molecule has 1 heterocycles. The van der Waals surface area contributed by atoms with E-state index in [0.717, 1.165) is 12.0 Å². The maximum Gasteiger partial charge on any atom is 0.303 e. The Bertz CT molecular complexity index is 836. The van der Waals surface area contributed by atoms with E-state index in [4.69, 9.17) is 14.6 Å². The summed E-state index contributed by atoms with van der Waals surface area (Å²) in [4.78, 5) is 26.5. The summed E-state index contributed by atoms with van der Waals surface area (Å²) >= 11 is 1.74. The number of ether oxygens (including phenoxy) is 2. The summed E-state index contributed by atoms with van der Waals surface area (Å²) in [5.41, 5.74) is 1.39. The zero-order valence-electron chi connectivity index (χ0n) is 18.1. The number of carboxylic acids is 1. The number of aryl methyl sites for hydroxylation is 2. The van der Waals surface area contributed by atoms with Crippen LogP contribution >= 0.6 is 11.3 Å². The van der Waals surface area contributed by atoms with E-state index in [1.54, 1.807) is 37.7 Å². The first kappa shape index (κ1) is 23.9. The van der Waals surface area contributed by atoms with E-state index < -0.39 is 5.97 Å². The van der Waals surface area contributed by atoms with Gasteiger partial charge in [-0.25, -0.2) is 0 Å². The Morgan fingerprint density at radius 1 is 1.10 bits per heavy atom. The minimum absolute atomic E-state index is 0.0156. The average Bonchev–Trinajstić information content (AvgIpc) is 3.14. The second-order valence-corrected chi connectivity index (χ2v) is 8.65. The third-order valence-corrected chi connectivity index (χ3v) is 6.10. The number of ketones is 1. The van der Waals surface area contributed by atoms with Gasteiger partial charge >= 0.3 is 5.97 Å². The Morgan fingerprint density at radius 3 is 2.30 bits per heavy atom. The molecule has 0 spiro atoms.